The lowest BCUT2D eigenvalue weighted by atomic mass is 10.2. The van der Waals surface area contributed by atoms with Gasteiger partial charge in [-0.15, -0.1) is 11.3 Å². The predicted octanol–water partition coefficient (Wildman–Crippen LogP) is 3.95. The van der Waals surface area contributed by atoms with Crippen LogP contribution in [0.15, 0.2) is 41.9 Å². The van der Waals surface area contributed by atoms with Crippen molar-refractivity contribution >= 4 is 17.2 Å². The van der Waals surface area contributed by atoms with Crippen LogP contribution in [0.25, 0.3) is 17.1 Å². The zero-order chi connectivity index (χ0) is 10.7. The summed E-state index contributed by atoms with van der Waals surface area (Å²) < 4.78 is 13.2. The first-order valence-electron chi connectivity index (χ1n) is 4.46. The smallest absolute Gasteiger partial charge is 0.136 e. The molecular weight excluding hydrogens is 209 g/mol. The van der Waals surface area contributed by atoms with Crippen LogP contribution >= 0.6 is 11.3 Å². The quantitative estimate of drug-likeness (QED) is 0.743. The van der Waals surface area contributed by atoms with Gasteiger partial charge in [0.05, 0.1) is 10.6 Å². The Balaban J connectivity index is 2.36. The fourth-order valence-electron chi connectivity index (χ4n) is 1.23. The lowest BCUT2D eigenvalue weighted by Crippen LogP contribution is -1.77. The minimum absolute atomic E-state index is 0.290. The van der Waals surface area contributed by atoms with Gasteiger partial charge in [-0.1, -0.05) is 6.07 Å². The molecule has 75 valence electrons. The minimum atomic E-state index is -0.290. The molecule has 0 saturated heterocycles. The second-order valence-electron chi connectivity index (χ2n) is 2.97. The average molecular weight is 218 g/mol. The Bertz CT molecular complexity index is 473. The van der Waals surface area contributed by atoms with Crippen molar-refractivity contribution in [3.8, 4) is 11.3 Å². The molecular formula is C12H9FNS. The maximum absolute atomic E-state index is 13.2. The molecule has 0 saturated carbocycles. The summed E-state index contributed by atoms with van der Waals surface area (Å²) in [7, 11) is 0. The zero-order valence-corrected chi connectivity index (χ0v) is 8.80. The average Bonchev–Trinajstić information content (AvgIpc) is 2.78. The highest BCUT2D eigenvalue weighted by atomic mass is 32.1. The fourth-order valence-corrected chi connectivity index (χ4v) is 2.06. The summed E-state index contributed by atoms with van der Waals surface area (Å²) >= 11 is 1.35. The van der Waals surface area contributed by atoms with E-state index in [0.717, 1.165) is 11.3 Å². The molecule has 3 heteroatoms. The van der Waals surface area contributed by atoms with E-state index >= 15 is 0 Å². The van der Waals surface area contributed by atoms with Gasteiger partial charge in [0.25, 0.3) is 0 Å². The molecule has 0 bridgehead atoms. The van der Waals surface area contributed by atoms with E-state index in [9.17, 15) is 4.39 Å². The third-order valence-electron chi connectivity index (χ3n) is 1.97. The Morgan fingerprint density at radius 2 is 2.33 bits per heavy atom. The van der Waals surface area contributed by atoms with Crippen molar-refractivity contribution in [2.75, 3.05) is 0 Å². The zero-order valence-electron chi connectivity index (χ0n) is 7.98. The van der Waals surface area contributed by atoms with Gasteiger partial charge < -0.3 is 0 Å². The SMILES string of the molecule is [CH2]/C=C(\F)c1cc(-c2ccccn2)cs1. The number of hydrogen-bond donors (Lipinski definition) is 0. The van der Waals surface area contributed by atoms with Crippen LogP contribution in [0.2, 0.25) is 0 Å². The van der Waals surface area contributed by atoms with Crippen LogP contribution in [0, 0.1) is 6.92 Å². The van der Waals surface area contributed by atoms with E-state index in [2.05, 4.69) is 11.9 Å². The molecule has 0 aromatic carbocycles. The van der Waals surface area contributed by atoms with Gasteiger partial charge in [-0.2, -0.15) is 0 Å². The third kappa shape index (κ3) is 2.13. The van der Waals surface area contributed by atoms with E-state index in [4.69, 9.17) is 0 Å². The van der Waals surface area contributed by atoms with E-state index in [1.165, 1.54) is 17.4 Å². The molecule has 0 amide bonds. The summed E-state index contributed by atoms with van der Waals surface area (Å²) in [4.78, 5) is 4.79. The number of pyridine rings is 1. The number of halogens is 1. The van der Waals surface area contributed by atoms with Crippen LogP contribution in [0.4, 0.5) is 4.39 Å². The minimum Gasteiger partial charge on any atom is -0.256 e. The third-order valence-corrected chi connectivity index (χ3v) is 2.91. The first-order chi connectivity index (χ1) is 7.31. The van der Waals surface area contributed by atoms with Crippen molar-refractivity contribution < 1.29 is 4.39 Å². The molecule has 15 heavy (non-hydrogen) atoms. The molecule has 0 spiro atoms. The van der Waals surface area contributed by atoms with Gasteiger partial charge in [0.2, 0.25) is 0 Å². The summed E-state index contributed by atoms with van der Waals surface area (Å²) in [5, 5.41) is 1.89. The number of allylic oxidation sites excluding steroid dienone is 1. The van der Waals surface area contributed by atoms with Crippen molar-refractivity contribution in [1.82, 2.24) is 4.98 Å². The van der Waals surface area contributed by atoms with Crippen molar-refractivity contribution in [1.29, 1.82) is 0 Å². The van der Waals surface area contributed by atoms with Gasteiger partial charge in [-0.3, -0.25) is 4.98 Å². The molecule has 1 radical (unpaired) electrons. The highest BCUT2D eigenvalue weighted by Crippen LogP contribution is 2.29. The maximum atomic E-state index is 13.2. The van der Waals surface area contributed by atoms with Gasteiger partial charge in [0, 0.05) is 17.1 Å². The Morgan fingerprint density at radius 3 is 3.00 bits per heavy atom. The summed E-state index contributed by atoms with van der Waals surface area (Å²) in [5.41, 5.74) is 1.80. The van der Waals surface area contributed by atoms with E-state index in [-0.39, 0.29) is 5.83 Å². The standard InChI is InChI=1S/C12H9FNS/c1-2-10(13)12-7-9(8-15-12)11-5-3-4-6-14-11/h2-8H,1H2/b10-2-. The van der Waals surface area contributed by atoms with Crippen molar-refractivity contribution in [2.24, 2.45) is 0 Å². The molecule has 2 aromatic rings. The lowest BCUT2D eigenvalue weighted by molar-refractivity contribution is 0.764. The fraction of sp³-hybridized carbons (Fsp3) is 0. The second kappa shape index (κ2) is 4.36. The number of hydrogen-bond acceptors (Lipinski definition) is 2. The van der Waals surface area contributed by atoms with Crippen molar-refractivity contribution in [3.05, 3.63) is 53.7 Å². The monoisotopic (exact) mass is 218 g/mol. The van der Waals surface area contributed by atoms with Gasteiger partial charge in [-0.25, -0.2) is 4.39 Å². The molecule has 0 aliphatic rings. The Labute approximate surface area is 91.9 Å². The second-order valence-corrected chi connectivity index (χ2v) is 3.88. The molecule has 0 aliphatic heterocycles. The van der Waals surface area contributed by atoms with E-state index in [1.807, 2.05) is 23.6 Å². The molecule has 2 aromatic heterocycles. The van der Waals surface area contributed by atoms with Crippen molar-refractivity contribution in [2.45, 2.75) is 0 Å². The Hall–Kier alpha value is -1.48. The van der Waals surface area contributed by atoms with Gasteiger partial charge >= 0.3 is 0 Å². The van der Waals surface area contributed by atoms with Crippen LogP contribution in [-0.4, -0.2) is 4.98 Å². The van der Waals surface area contributed by atoms with E-state index in [1.54, 1.807) is 12.3 Å². The first kappa shape index (κ1) is 10.1. The normalized spacial score (nSPS) is 11.7. The van der Waals surface area contributed by atoms with Gasteiger partial charge in [-0.05, 0) is 31.2 Å². The Kier molecular flexibility index (Phi) is 2.92. The first-order valence-corrected chi connectivity index (χ1v) is 5.34. The molecule has 0 N–H and O–H groups in total. The van der Waals surface area contributed by atoms with Gasteiger partial charge in [0.15, 0.2) is 0 Å². The van der Waals surface area contributed by atoms with E-state index < -0.39 is 0 Å². The van der Waals surface area contributed by atoms with Crippen LogP contribution in [-0.2, 0) is 0 Å². The van der Waals surface area contributed by atoms with Crippen LogP contribution in [0.3, 0.4) is 0 Å². The summed E-state index contributed by atoms with van der Waals surface area (Å²) in [6.45, 7) is 3.40. The number of aromatic nitrogens is 1. The van der Waals surface area contributed by atoms with Gasteiger partial charge in [0.1, 0.15) is 5.83 Å². The number of thiophene rings is 1. The topological polar surface area (TPSA) is 12.9 Å². The molecule has 2 rings (SSSR count). The lowest BCUT2D eigenvalue weighted by Gasteiger charge is -1.93. The number of rotatable bonds is 2. The molecule has 0 fully saturated rings. The summed E-state index contributed by atoms with van der Waals surface area (Å²) in [6.07, 6.45) is 2.94. The Morgan fingerprint density at radius 1 is 1.47 bits per heavy atom. The molecule has 2 heterocycles. The summed E-state index contributed by atoms with van der Waals surface area (Å²) in [6, 6.07) is 7.45. The van der Waals surface area contributed by atoms with Crippen LogP contribution in [0.5, 0.6) is 0 Å². The summed E-state index contributed by atoms with van der Waals surface area (Å²) in [5.74, 6) is -0.290. The van der Waals surface area contributed by atoms with Crippen LogP contribution in [0.1, 0.15) is 4.88 Å². The van der Waals surface area contributed by atoms with E-state index in [0.29, 0.717) is 4.88 Å². The molecule has 0 atom stereocenters. The predicted molar refractivity (Wildman–Crippen MR) is 62.0 cm³/mol. The molecule has 0 aliphatic carbocycles. The number of nitrogens with zero attached hydrogens (tertiary/aromatic N) is 1. The molecule has 0 unspecified atom stereocenters. The highest BCUT2D eigenvalue weighted by molar-refractivity contribution is 7.11. The molecule has 1 nitrogen and oxygen atoms in total. The highest BCUT2D eigenvalue weighted by Gasteiger charge is 2.05. The largest absolute Gasteiger partial charge is 0.256 e. The van der Waals surface area contributed by atoms with Crippen LogP contribution < -0.4 is 0 Å². The maximum Gasteiger partial charge on any atom is 0.136 e. The van der Waals surface area contributed by atoms with Crippen molar-refractivity contribution in [3.63, 3.8) is 0 Å².